The predicted octanol–water partition coefficient (Wildman–Crippen LogP) is 3.64. The van der Waals surface area contributed by atoms with E-state index < -0.39 is 0 Å². The van der Waals surface area contributed by atoms with Crippen molar-refractivity contribution in [2.45, 2.75) is 33.6 Å². The van der Waals surface area contributed by atoms with Crippen LogP contribution in [0.5, 0.6) is 0 Å². The number of allylic oxidation sites excluding steroid dienone is 1. The minimum atomic E-state index is 0.736. The third-order valence-corrected chi connectivity index (χ3v) is 1.11. The molecule has 0 fully saturated rings. The molecule has 0 atom stereocenters. The Morgan fingerprint density at radius 1 is 1.36 bits per heavy atom. The highest BCUT2D eigenvalue weighted by molar-refractivity contribution is 6.17. The van der Waals surface area contributed by atoms with Gasteiger partial charge < -0.3 is 0 Å². The standard InChI is InChI=1S/C7H12ClN.C2H6/c1-2-9-7-5-3-4-6-8;1-2/h2,5,7H,3-4,6H2,1H3;1-2H3/b7-5-,9-2?;. The van der Waals surface area contributed by atoms with E-state index in [1.165, 1.54) is 0 Å². The summed E-state index contributed by atoms with van der Waals surface area (Å²) in [5.74, 6) is 0.736. The largest absolute Gasteiger partial charge is 0.270 e. The number of hydrogen-bond acceptors (Lipinski definition) is 1. The van der Waals surface area contributed by atoms with Gasteiger partial charge in [-0.2, -0.15) is 0 Å². The van der Waals surface area contributed by atoms with E-state index >= 15 is 0 Å². The fourth-order valence-electron chi connectivity index (χ4n) is 0.416. The fourth-order valence-corrected chi connectivity index (χ4v) is 0.571. The average Bonchev–Trinajstić information content (AvgIpc) is 2.08. The van der Waals surface area contributed by atoms with Crippen LogP contribution in [-0.2, 0) is 0 Å². The summed E-state index contributed by atoms with van der Waals surface area (Å²) in [6.45, 7) is 5.89. The molecular weight excluding hydrogens is 158 g/mol. The quantitative estimate of drug-likeness (QED) is 0.352. The van der Waals surface area contributed by atoms with Gasteiger partial charge in [0.1, 0.15) is 0 Å². The van der Waals surface area contributed by atoms with Crippen LogP contribution in [0, 0.1) is 0 Å². The highest BCUT2D eigenvalue weighted by Gasteiger charge is 1.76. The van der Waals surface area contributed by atoms with E-state index in [2.05, 4.69) is 4.99 Å². The van der Waals surface area contributed by atoms with Gasteiger partial charge in [0, 0.05) is 18.3 Å². The summed E-state index contributed by atoms with van der Waals surface area (Å²) in [5, 5.41) is 0. The molecule has 0 aromatic rings. The summed E-state index contributed by atoms with van der Waals surface area (Å²) in [5.41, 5.74) is 0. The summed E-state index contributed by atoms with van der Waals surface area (Å²) in [4.78, 5) is 3.89. The second-order valence-electron chi connectivity index (χ2n) is 1.62. The van der Waals surface area contributed by atoms with E-state index in [0.29, 0.717) is 0 Å². The van der Waals surface area contributed by atoms with Crippen molar-refractivity contribution in [3.63, 3.8) is 0 Å². The van der Waals surface area contributed by atoms with Crippen molar-refractivity contribution in [3.8, 4) is 0 Å². The minimum absolute atomic E-state index is 0.736. The third kappa shape index (κ3) is 17.7. The molecule has 66 valence electrons. The number of halogens is 1. The first-order valence-corrected chi connectivity index (χ1v) is 4.64. The highest BCUT2D eigenvalue weighted by Crippen LogP contribution is 1.92. The van der Waals surface area contributed by atoms with Crippen molar-refractivity contribution < 1.29 is 0 Å². The van der Waals surface area contributed by atoms with Crippen LogP contribution < -0.4 is 0 Å². The molecule has 0 aromatic carbocycles. The normalized spacial score (nSPS) is 10.2. The maximum atomic E-state index is 5.44. The Balaban J connectivity index is 0. The van der Waals surface area contributed by atoms with Crippen molar-refractivity contribution in [1.82, 2.24) is 0 Å². The van der Waals surface area contributed by atoms with Gasteiger partial charge in [0.2, 0.25) is 0 Å². The van der Waals surface area contributed by atoms with Crippen molar-refractivity contribution in [3.05, 3.63) is 12.3 Å². The van der Waals surface area contributed by atoms with Gasteiger partial charge in [0.15, 0.2) is 0 Å². The first-order valence-electron chi connectivity index (χ1n) is 4.10. The topological polar surface area (TPSA) is 12.4 Å². The molecule has 0 unspecified atom stereocenters. The molecule has 0 aliphatic heterocycles. The maximum absolute atomic E-state index is 5.44. The van der Waals surface area contributed by atoms with Gasteiger partial charge in [-0.1, -0.05) is 19.9 Å². The summed E-state index contributed by atoms with van der Waals surface area (Å²) in [6, 6.07) is 0. The molecule has 0 aliphatic carbocycles. The minimum Gasteiger partial charge on any atom is -0.270 e. The maximum Gasteiger partial charge on any atom is 0.0226 e. The Morgan fingerprint density at radius 2 is 2.00 bits per heavy atom. The van der Waals surface area contributed by atoms with Crippen molar-refractivity contribution >= 4 is 17.8 Å². The predicted molar refractivity (Wildman–Crippen MR) is 54.6 cm³/mol. The van der Waals surface area contributed by atoms with Crippen LogP contribution in [0.15, 0.2) is 17.3 Å². The van der Waals surface area contributed by atoms with E-state index in [0.717, 1.165) is 18.7 Å². The van der Waals surface area contributed by atoms with Gasteiger partial charge in [-0.25, -0.2) is 0 Å². The van der Waals surface area contributed by atoms with E-state index in [-0.39, 0.29) is 0 Å². The van der Waals surface area contributed by atoms with Gasteiger partial charge in [0.05, 0.1) is 0 Å². The highest BCUT2D eigenvalue weighted by atomic mass is 35.5. The van der Waals surface area contributed by atoms with Crippen LogP contribution in [0.3, 0.4) is 0 Å². The zero-order chi connectivity index (χ0) is 8.95. The molecule has 0 radical (unpaired) electrons. The van der Waals surface area contributed by atoms with Crippen LogP contribution in [-0.4, -0.2) is 12.1 Å². The lowest BCUT2D eigenvalue weighted by Gasteiger charge is -1.83. The van der Waals surface area contributed by atoms with Crippen molar-refractivity contribution in [2.24, 2.45) is 4.99 Å². The van der Waals surface area contributed by atoms with E-state index in [1.807, 2.05) is 26.8 Å². The van der Waals surface area contributed by atoms with Gasteiger partial charge in [-0.15, -0.1) is 11.6 Å². The molecular formula is C9H18ClN. The lowest BCUT2D eigenvalue weighted by atomic mass is 10.3. The average molecular weight is 176 g/mol. The van der Waals surface area contributed by atoms with Crippen molar-refractivity contribution in [2.75, 3.05) is 5.88 Å². The van der Waals surface area contributed by atoms with Crippen LogP contribution in [0.25, 0.3) is 0 Å². The van der Waals surface area contributed by atoms with Gasteiger partial charge in [-0.3, -0.25) is 4.99 Å². The number of rotatable bonds is 4. The van der Waals surface area contributed by atoms with E-state index in [9.17, 15) is 0 Å². The number of aliphatic imine (C=N–C) groups is 1. The van der Waals surface area contributed by atoms with Crippen molar-refractivity contribution in [1.29, 1.82) is 0 Å². The zero-order valence-electron chi connectivity index (χ0n) is 7.68. The van der Waals surface area contributed by atoms with Gasteiger partial charge in [-0.05, 0) is 19.8 Å². The molecule has 0 saturated heterocycles. The number of alkyl halides is 1. The molecule has 0 spiro atoms. The SMILES string of the molecule is CC.CC=N/C=C\CCCCl. The summed E-state index contributed by atoms with van der Waals surface area (Å²) >= 11 is 5.44. The fraction of sp³-hybridized carbons (Fsp3) is 0.667. The van der Waals surface area contributed by atoms with Crippen LogP contribution in [0.4, 0.5) is 0 Å². The first-order chi connectivity index (χ1) is 5.41. The Hall–Kier alpha value is -0.300. The zero-order valence-corrected chi connectivity index (χ0v) is 8.43. The molecule has 0 saturated carbocycles. The molecule has 0 aromatic heterocycles. The second-order valence-corrected chi connectivity index (χ2v) is 2.00. The number of nitrogens with zero attached hydrogens (tertiary/aromatic N) is 1. The van der Waals surface area contributed by atoms with E-state index in [1.54, 1.807) is 12.4 Å². The molecule has 11 heavy (non-hydrogen) atoms. The second kappa shape index (κ2) is 16.4. The summed E-state index contributed by atoms with van der Waals surface area (Å²) < 4.78 is 0. The molecule has 0 rings (SSSR count). The molecule has 0 N–H and O–H groups in total. The molecule has 0 amide bonds. The Labute approximate surface area is 75.2 Å². The van der Waals surface area contributed by atoms with E-state index in [4.69, 9.17) is 11.6 Å². The molecule has 1 nitrogen and oxygen atoms in total. The van der Waals surface area contributed by atoms with Crippen LogP contribution in [0.2, 0.25) is 0 Å². The summed E-state index contributed by atoms with van der Waals surface area (Å²) in [7, 11) is 0. The lowest BCUT2D eigenvalue weighted by molar-refractivity contribution is 0.964. The Morgan fingerprint density at radius 3 is 2.45 bits per heavy atom. The molecule has 2 heteroatoms. The first kappa shape index (κ1) is 13.3. The Kier molecular flexibility index (Phi) is 19.8. The smallest absolute Gasteiger partial charge is 0.0226 e. The van der Waals surface area contributed by atoms with Gasteiger partial charge >= 0.3 is 0 Å². The summed E-state index contributed by atoms with van der Waals surface area (Å²) in [6.07, 6.45) is 7.64. The van der Waals surface area contributed by atoms with Crippen LogP contribution in [0.1, 0.15) is 33.6 Å². The molecule has 0 heterocycles. The third-order valence-electron chi connectivity index (χ3n) is 0.845. The molecule has 0 bridgehead atoms. The van der Waals surface area contributed by atoms with Crippen LogP contribution >= 0.6 is 11.6 Å². The Bertz CT molecular complexity index is 97.7. The monoisotopic (exact) mass is 175 g/mol. The number of hydrogen-bond donors (Lipinski definition) is 0. The number of unbranched alkanes of at least 4 members (excludes halogenated alkanes) is 1. The molecule has 0 aliphatic rings. The lowest BCUT2D eigenvalue weighted by Crippen LogP contribution is -1.69. The van der Waals surface area contributed by atoms with Gasteiger partial charge in [0.25, 0.3) is 0 Å².